The first-order chi connectivity index (χ1) is 9.15. The summed E-state index contributed by atoms with van der Waals surface area (Å²) >= 11 is 0. The molecule has 2 aliphatic heterocycles. The maximum Gasteiger partial charge on any atom is 0.220 e. The lowest BCUT2D eigenvalue weighted by atomic mass is 9.92. The van der Waals surface area contributed by atoms with Crippen LogP contribution in [0.4, 0.5) is 0 Å². The molecule has 4 nitrogen and oxygen atoms in total. The van der Waals surface area contributed by atoms with Crippen molar-refractivity contribution in [2.24, 2.45) is 17.6 Å². The summed E-state index contributed by atoms with van der Waals surface area (Å²) in [5, 5.41) is 0. The standard InChI is InChI=1S/C13H25N3O.C2H6/c1-15-6-2-11(3-7-15)10-16-8-4-12(5-9-16)13(14)17;1-2/h11-12H,2-10H2,1H3,(H2,14,17);1-2H3. The van der Waals surface area contributed by atoms with Gasteiger partial charge in [0, 0.05) is 12.5 Å². The van der Waals surface area contributed by atoms with E-state index in [1.165, 1.54) is 32.5 Å². The van der Waals surface area contributed by atoms with E-state index in [9.17, 15) is 4.79 Å². The molecule has 0 spiro atoms. The highest BCUT2D eigenvalue weighted by atomic mass is 16.1. The van der Waals surface area contributed by atoms with Crippen LogP contribution in [0.5, 0.6) is 0 Å². The minimum absolute atomic E-state index is 0.107. The molecule has 0 bridgehead atoms. The van der Waals surface area contributed by atoms with Crippen LogP contribution in [-0.2, 0) is 4.79 Å². The van der Waals surface area contributed by atoms with Crippen LogP contribution in [0.25, 0.3) is 0 Å². The summed E-state index contributed by atoms with van der Waals surface area (Å²) in [6.07, 6.45) is 4.57. The fraction of sp³-hybridized carbons (Fsp3) is 0.933. The average Bonchev–Trinajstić information content (AvgIpc) is 2.44. The summed E-state index contributed by atoms with van der Waals surface area (Å²) in [7, 11) is 2.20. The first kappa shape index (κ1) is 16.4. The predicted molar refractivity (Wildman–Crippen MR) is 79.9 cm³/mol. The molecular formula is C15H31N3O. The summed E-state index contributed by atoms with van der Waals surface area (Å²) in [5.74, 6) is 0.879. The van der Waals surface area contributed by atoms with Crippen molar-refractivity contribution in [2.45, 2.75) is 39.5 Å². The quantitative estimate of drug-likeness (QED) is 0.846. The van der Waals surface area contributed by atoms with Crippen LogP contribution in [-0.4, -0.2) is 55.5 Å². The Hall–Kier alpha value is -0.610. The molecule has 112 valence electrons. The van der Waals surface area contributed by atoms with Crippen molar-refractivity contribution in [1.29, 1.82) is 0 Å². The van der Waals surface area contributed by atoms with Gasteiger partial charge >= 0.3 is 0 Å². The highest BCUT2D eigenvalue weighted by molar-refractivity contribution is 5.76. The third-order valence-electron chi connectivity index (χ3n) is 4.34. The minimum Gasteiger partial charge on any atom is -0.369 e. The van der Waals surface area contributed by atoms with Gasteiger partial charge in [0.1, 0.15) is 0 Å². The van der Waals surface area contributed by atoms with Crippen LogP contribution in [0.2, 0.25) is 0 Å². The predicted octanol–water partition coefficient (Wildman–Crippen LogP) is 1.55. The van der Waals surface area contributed by atoms with E-state index in [1.807, 2.05) is 13.8 Å². The maximum atomic E-state index is 11.1. The lowest BCUT2D eigenvalue weighted by molar-refractivity contribution is -0.123. The van der Waals surface area contributed by atoms with Gasteiger partial charge in [-0.3, -0.25) is 4.79 Å². The molecule has 0 aromatic carbocycles. The van der Waals surface area contributed by atoms with Gasteiger partial charge in [-0.15, -0.1) is 0 Å². The van der Waals surface area contributed by atoms with Gasteiger partial charge < -0.3 is 15.5 Å². The summed E-state index contributed by atoms with van der Waals surface area (Å²) in [6.45, 7) is 9.81. The number of carbonyl (C=O) groups is 1. The van der Waals surface area contributed by atoms with E-state index in [1.54, 1.807) is 0 Å². The molecule has 2 aliphatic rings. The summed E-state index contributed by atoms with van der Waals surface area (Å²) in [4.78, 5) is 16.0. The SMILES string of the molecule is CC.CN1CCC(CN2CCC(C(N)=O)CC2)CC1. The van der Waals surface area contributed by atoms with Gasteiger partial charge in [0.2, 0.25) is 5.91 Å². The third-order valence-corrected chi connectivity index (χ3v) is 4.34. The van der Waals surface area contributed by atoms with Crippen molar-refractivity contribution >= 4 is 5.91 Å². The van der Waals surface area contributed by atoms with E-state index in [4.69, 9.17) is 5.73 Å². The van der Waals surface area contributed by atoms with Gasteiger partial charge in [-0.1, -0.05) is 13.8 Å². The monoisotopic (exact) mass is 269 g/mol. The molecule has 2 N–H and O–H groups in total. The number of likely N-dealkylation sites (tertiary alicyclic amines) is 2. The van der Waals surface area contributed by atoms with Crippen LogP contribution >= 0.6 is 0 Å². The van der Waals surface area contributed by atoms with Crippen LogP contribution in [0.3, 0.4) is 0 Å². The molecule has 0 saturated carbocycles. The number of hydrogen-bond donors (Lipinski definition) is 1. The van der Waals surface area contributed by atoms with E-state index in [2.05, 4.69) is 16.8 Å². The number of amides is 1. The van der Waals surface area contributed by atoms with Crippen LogP contribution in [0, 0.1) is 11.8 Å². The Morgan fingerprint density at radius 3 is 2.05 bits per heavy atom. The largest absolute Gasteiger partial charge is 0.369 e. The lowest BCUT2D eigenvalue weighted by Crippen LogP contribution is -2.42. The Morgan fingerprint density at radius 2 is 1.58 bits per heavy atom. The van der Waals surface area contributed by atoms with Crippen molar-refractivity contribution in [3.8, 4) is 0 Å². The van der Waals surface area contributed by atoms with Gasteiger partial charge in [0.05, 0.1) is 0 Å². The van der Waals surface area contributed by atoms with Crippen LogP contribution < -0.4 is 5.73 Å². The Morgan fingerprint density at radius 1 is 1.05 bits per heavy atom. The van der Waals surface area contributed by atoms with E-state index < -0.39 is 0 Å². The second-order valence-electron chi connectivity index (χ2n) is 5.72. The number of nitrogens with zero attached hydrogens (tertiary/aromatic N) is 2. The number of piperidine rings is 2. The average molecular weight is 269 g/mol. The number of carbonyl (C=O) groups excluding carboxylic acids is 1. The Bertz CT molecular complexity index is 254. The van der Waals surface area contributed by atoms with Crippen molar-refractivity contribution in [1.82, 2.24) is 9.80 Å². The molecule has 0 unspecified atom stereocenters. The fourth-order valence-corrected chi connectivity index (χ4v) is 3.01. The van der Waals surface area contributed by atoms with Gasteiger partial charge in [0.15, 0.2) is 0 Å². The molecule has 2 fully saturated rings. The Labute approximate surface area is 118 Å². The first-order valence-electron chi connectivity index (χ1n) is 7.85. The van der Waals surface area contributed by atoms with Gasteiger partial charge in [-0.05, 0) is 64.8 Å². The van der Waals surface area contributed by atoms with Crippen molar-refractivity contribution in [3.05, 3.63) is 0 Å². The number of rotatable bonds is 3. The molecular weight excluding hydrogens is 238 g/mol. The lowest BCUT2D eigenvalue weighted by Gasteiger charge is -2.36. The molecule has 0 atom stereocenters. The zero-order chi connectivity index (χ0) is 14.3. The Kier molecular flexibility index (Phi) is 7.39. The van der Waals surface area contributed by atoms with Gasteiger partial charge in [0.25, 0.3) is 0 Å². The third kappa shape index (κ3) is 5.49. The number of nitrogens with two attached hydrogens (primary N) is 1. The molecule has 0 aromatic rings. The van der Waals surface area contributed by atoms with E-state index in [0.717, 1.165) is 31.8 Å². The molecule has 19 heavy (non-hydrogen) atoms. The number of primary amides is 1. The number of hydrogen-bond acceptors (Lipinski definition) is 3. The zero-order valence-electron chi connectivity index (χ0n) is 12.9. The van der Waals surface area contributed by atoms with Gasteiger partial charge in [-0.2, -0.15) is 0 Å². The normalized spacial score (nSPS) is 23.7. The topological polar surface area (TPSA) is 49.6 Å². The van der Waals surface area contributed by atoms with E-state index in [-0.39, 0.29) is 11.8 Å². The molecule has 0 aliphatic carbocycles. The molecule has 4 heteroatoms. The highest BCUT2D eigenvalue weighted by Crippen LogP contribution is 2.21. The minimum atomic E-state index is -0.107. The molecule has 0 aromatic heterocycles. The smallest absolute Gasteiger partial charge is 0.220 e. The second kappa shape index (κ2) is 8.54. The maximum absolute atomic E-state index is 11.1. The second-order valence-corrected chi connectivity index (χ2v) is 5.72. The summed E-state index contributed by atoms with van der Waals surface area (Å²) in [5.41, 5.74) is 5.35. The molecule has 2 heterocycles. The fourth-order valence-electron chi connectivity index (χ4n) is 3.01. The van der Waals surface area contributed by atoms with Crippen molar-refractivity contribution in [3.63, 3.8) is 0 Å². The van der Waals surface area contributed by atoms with Crippen LogP contribution in [0.1, 0.15) is 39.5 Å². The first-order valence-corrected chi connectivity index (χ1v) is 7.85. The molecule has 0 radical (unpaired) electrons. The summed E-state index contributed by atoms with van der Waals surface area (Å²) in [6, 6.07) is 0. The van der Waals surface area contributed by atoms with E-state index in [0.29, 0.717) is 0 Å². The highest BCUT2D eigenvalue weighted by Gasteiger charge is 2.25. The van der Waals surface area contributed by atoms with Crippen molar-refractivity contribution in [2.75, 3.05) is 39.8 Å². The molecule has 1 amide bonds. The van der Waals surface area contributed by atoms with E-state index >= 15 is 0 Å². The Balaban J connectivity index is 0.000000861. The molecule has 2 saturated heterocycles. The van der Waals surface area contributed by atoms with Gasteiger partial charge in [-0.25, -0.2) is 0 Å². The summed E-state index contributed by atoms with van der Waals surface area (Å²) < 4.78 is 0. The zero-order valence-corrected chi connectivity index (χ0v) is 12.9. The van der Waals surface area contributed by atoms with Crippen molar-refractivity contribution < 1.29 is 4.79 Å². The molecule has 2 rings (SSSR count). The van der Waals surface area contributed by atoms with Crippen LogP contribution in [0.15, 0.2) is 0 Å².